The first-order valence-electron chi connectivity index (χ1n) is 6.45. The van der Waals surface area contributed by atoms with Crippen LogP contribution in [-0.2, 0) is 0 Å². The van der Waals surface area contributed by atoms with Crippen LogP contribution < -0.4 is 10.6 Å². The average Bonchev–Trinajstić information content (AvgIpc) is 2.32. The number of thiocarbonyl (C=S) groups is 1. The molecule has 1 rings (SSSR count). The molecule has 2 N–H and O–H groups in total. The minimum absolute atomic E-state index is 0.406. The van der Waals surface area contributed by atoms with Crippen molar-refractivity contribution in [1.82, 2.24) is 5.32 Å². The van der Waals surface area contributed by atoms with Gasteiger partial charge in [-0.05, 0) is 49.8 Å². The molecule has 0 aromatic heterocycles. The van der Waals surface area contributed by atoms with Crippen molar-refractivity contribution in [2.45, 2.75) is 45.6 Å². The van der Waals surface area contributed by atoms with Crippen LogP contribution in [0.25, 0.3) is 0 Å². The number of unbranched alkanes of at least 4 members (excludes halogenated alkanes) is 2. The third kappa shape index (κ3) is 6.22. The first-order valence-corrected chi connectivity index (χ1v) is 7.23. The Labute approximate surface area is 120 Å². The summed E-state index contributed by atoms with van der Waals surface area (Å²) in [6, 6.07) is 7.92. The molecule has 0 aliphatic carbocycles. The molecular weight excluding hydrogens is 264 g/mol. The first-order chi connectivity index (χ1) is 8.61. The van der Waals surface area contributed by atoms with Crippen LogP contribution in [0.1, 0.15) is 39.5 Å². The lowest BCUT2D eigenvalue weighted by atomic mass is 10.1. The molecule has 100 valence electrons. The third-order valence-electron chi connectivity index (χ3n) is 2.72. The number of anilines is 1. The summed E-state index contributed by atoms with van der Waals surface area (Å²) >= 11 is 11.1. The van der Waals surface area contributed by atoms with Crippen LogP contribution in [0.15, 0.2) is 24.3 Å². The Balaban J connectivity index is 2.30. The van der Waals surface area contributed by atoms with E-state index in [9.17, 15) is 0 Å². The number of benzene rings is 1. The van der Waals surface area contributed by atoms with Gasteiger partial charge in [-0.3, -0.25) is 0 Å². The fraction of sp³-hybridized carbons (Fsp3) is 0.500. The van der Waals surface area contributed by atoms with E-state index < -0.39 is 0 Å². The third-order valence-corrected chi connectivity index (χ3v) is 3.19. The maximum absolute atomic E-state index is 5.83. The van der Waals surface area contributed by atoms with E-state index in [1.807, 2.05) is 24.3 Å². The summed E-state index contributed by atoms with van der Waals surface area (Å²) in [7, 11) is 0. The van der Waals surface area contributed by atoms with E-state index in [2.05, 4.69) is 24.5 Å². The number of halogens is 1. The van der Waals surface area contributed by atoms with Crippen molar-refractivity contribution in [2.24, 2.45) is 0 Å². The lowest BCUT2D eigenvalue weighted by molar-refractivity contribution is 0.556. The van der Waals surface area contributed by atoms with Gasteiger partial charge in [0, 0.05) is 16.8 Å². The fourth-order valence-corrected chi connectivity index (χ4v) is 2.14. The summed E-state index contributed by atoms with van der Waals surface area (Å²) in [6.45, 7) is 4.37. The lowest BCUT2D eigenvalue weighted by Crippen LogP contribution is -2.35. The highest BCUT2D eigenvalue weighted by Crippen LogP contribution is 2.13. The highest BCUT2D eigenvalue weighted by molar-refractivity contribution is 7.80. The molecule has 1 aromatic carbocycles. The monoisotopic (exact) mass is 284 g/mol. The summed E-state index contributed by atoms with van der Waals surface area (Å²) in [6.07, 6.45) is 4.92. The van der Waals surface area contributed by atoms with Crippen LogP contribution in [0.5, 0.6) is 0 Å². The second-order valence-electron chi connectivity index (χ2n) is 4.50. The van der Waals surface area contributed by atoms with Crippen molar-refractivity contribution >= 4 is 34.6 Å². The van der Waals surface area contributed by atoms with Crippen LogP contribution in [0.4, 0.5) is 5.69 Å². The molecule has 0 saturated heterocycles. The predicted octanol–water partition coefficient (Wildman–Crippen LogP) is 4.60. The van der Waals surface area contributed by atoms with Gasteiger partial charge in [0.05, 0.1) is 0 Å². The molecule has 2 nitrogen and oxygen atoms in total. The van der Waals surface area contributed by atoms with E-state index in [-0.39, 0.29) is 0 Å². The van der Waals surface area contributed by atoms with Crippen molar-refractivity contribution in [3.8, 4) is 0 Å². The van der Waals surface area contributed by atoms with Crippen LogP contribution in [0.3, 0.4) is 0 Å². The number of nitrogens with one attached hydrogen (secondary N) is 2. The van der Waals surface area contributed by atoms with Gasteiger partial charge in [-0.2, -0.15) is 0 Å². The molecule has 0 heterocycles. The standard InChI is InChI=1S/C14H21ClN2S/c1-3-4-5-6-11(2)16-14(18)17-13-9-7-12(15)8-10-13/h7-11H,3-6H2,1-2H3,(H2,16,17,18). The highest BCUT2D eigenvalue weighted by Gasteiger charge is 2.04. The average molecular weight is 285 g/mol. The Hall–Kier alpha value is -0.800. The summed E-state index contributed by atoms with van der Waals surface area (Å²) in [5, 5.41) is 7.84. The Morgan fingerprint density at radius 2 is 1.94 bits per heavy atom. The van der Waals surface area contributed by atoms with Crippen molar-refractivity contribution < 1.29 is 0 Å². The van der Waals surface area contributed by atoms with Gasteiger partial charge < -0.3 is 10.6 Å². The molecule has 1 unspecified atom stereocenters. The Kier molecular flexibility index (Phi) is 7.06. The molecule has 18 heavy (non-hydrogen) atoms. The summed E-state index contributed by atoms with van der Waals surface area (Å²) in [5.41, 5.74) is 0.956. The SMILES string of the molecule is CCCCCC(C)NC(=S)Nc1ccc(Cl)cc1. The van der Waals surface area contributed by atoms with Crippen LogP contribution >= 0.6 is 23.8 Å². The van der Waals surface area contributed by atoms with E-state index in [1.165, 1.54) is 19.3 Å². The van der Waals surface area contributed by atoms with Gasteiger partial charge in [-0.1, -0.05) is 37.8 Å². The molecular formula is C14H21ClN2S. The molecule has 0 spiro atoms. The Bertz CT molecular complexity index is 365. The largest absolute Gasteiger partial charge is 0.360 e. The van der Waals surface area contributed by atoms with E-state index >= 15 is 0 Å². The highest BCUT2D eigenvalue weighted by atomic mass is 35.5. The smallest absolute Gasteiger partial charge is 0.170 e. The number of hydrogen-bond donors (Lipinski definition) is 2. The van der Waals surface area contributed by atoms with E-state index in [1.54, 1.807) is 0 Å². The first kappa shape index (κ1) is 15.3. The van der Waals surface area contributed by atoms with Crippen LogP contribution in [0.2, 0.25) is 5.02 Å². The van der Waals surface area contributed by atoms with Gasteiger partial charge >= 0.3 is 0 Å². The van der Waals surface area contributed by atoms with Gasteiger partial charge in [0.1, 0.15) is 0 Å². The van der Waals surface area contributed by atoms with Gasteiger partial charge in [-0.25, -0.2) is 0 Å². The zero-order valence-corrected chi connectivity index (χ0v) is 12.6. The normalized spacial score (nSPS) is 11.9. The predicted molar refractivity (Wildman–Crippen MR) is 84.4 cm³/mol. The number of hydrogen-bond acceptors (Lipinski definition) is 1. The summed E-state index contributed by atoms with van der Waals surface area (Å²) in [4.78, 5) is 0. The number of rotatable bonds is 6. The molecule has 0 radical (unpaired) electrons. The Morgan fingerprint density at radius 3 is 2.56 bits per heavy atom. The van der Waals surface area contributed by atoms with Gasteiger partial charge in [0.2, 0.25) is 0 Å². The quantitative estimate of drug-likeness (QED) is 0.590. The second-order valence-corrected chi connectivity index (χ2v) is 5.35. The van der Waals surface area contributed by atoms with E-state index in [0.717, 1.165) is 17.1 Å². The van der Waals surface area contributed by atoms with Gasteiger partial charge in [0.25, 0.3) is 0 Å². The van der Waals surface area contributed by atoms with Crippen molar-refractivity contribution in [3.05, 3.63) is 29.3 Å². The summed E-state index contributed by atoms with van der Waals surface area (Å²) in [5.74, 6) is 0. The zero-order chi connectivity index (χ0) is 13.4. The van der Waals surface area contributed by atoms with Crippen LogP contribution in [-0.4, -0.2) is 11.2 Å². The van der Waals surface area contributed by atoms with Crippen molar-refractivity contribution in [3.63, 3.8) is 0 Å². The van der Waals surface area contributed by atoms with Gasteiger partial charge in [0.15, 0.2) is 5.11 Å². The molecule has 1 aromatic rings. The minimum Gasteiger partial charge on any atom is -0.360 e. The zero-order valence-electron chi connectivity index (χ0n) is 11.0. The van der Waals surface area contributed by atoms with Crippen molar-refractivity contribution in [2.75, 3.05) is 5.32 Å². The van der Waals surface area contributed by atoms with E-state index in [0.29, 0.717) is 11.2 Å². The molecule has 0 saturated carbocycles. The second kappa shape index (κ2) is 8.33. The molecule has 1 atom stereocenters. The molecule has 0 fully saturated rings. The maximum atomic E-state index is 5.83. The van der Waals surface area contributed by atoms with Crippen LogP contribution in [0, 0.1) is 0 Å². The maximum Gasteiger partial charge on any atom is 0.170 e. The van der Waals surface area contributed by atoms with Gasteiger partial charge in [-0.15, -0.1) is 0 Å². The topological polar surface area (TPSA) is 24.1 Å². The molecule has 0 aliphatic rings. The molecule has 0 bridgehead atoms. The van der Waals surface area contributed by atoms with E-state index in [4.69, 9.17) is 23.8 Å². The molecule has 4 heteroatoms. The summed E-state index contributed by atoms with van der Waals surface area (Å²) < 4.78 is 0. The van der Waals surface area contributed by atoms with Crippen molar-refractivity contribution in [1.29, 1.82) is 0 Å². The minimum atomic E-state index is 0.406. The Morgan fingerprint density at radius 1 is 1.28 bits per heavy atom. The molecule has 0 amide bonds. The fourth-order valence-electron chi connectivity index (χ4n) is 1.70. The lowest BCUT2D eigenvalue weighted by Gasteiger charge is -2.16. The molecule has 0 aliphatic heterocycles.